The van der Waals surface area contributed by atoms with Crippen molar-refractivity contribution in [3.63, 3.8) is 0 Å². The number of hydrogen-bond acceptors (Lipinski definition) is 2. The molecule has 10 heavy (non-hydrogen) atoms. The highest BCUT2D eigenvalue weighted by molar-refractivity contribution is 6.59. The number of rotatable bonds is 2. The Morgan fingerprint density at radius 1 is 1.00 bits per heavy atom. The predicted octanol–water partition coefficient (Wildman–Crippen LogP) is -0.354. The van der Waals surface area contributed by atoms with Crippen LogP contribution in [0.3, 0.4) is 0 Å². The number of nitrogens with two attached hydrogens (primary N) is 2. The molecule has 0 spiro atoms. The average Bonchev–Trinajstić information content (AvgIpc) is 1.59. The maximum Gasteiger partial charge on any atom is 0.256 e. The number of carbonyl (C=O) groups excluding carboxylic acids is 2. The quantitative estimate of drug-likeness (QED) is 0.348. The molecule has 0 aliphatic heterocycles. The molecule has 0 aliphatic rings. The van der Waals surface area contributed by atoms with Gasteiger partial charge in [0, 0.05) is 0 Å². The summed E-state index contributed by atoms with van der Waals surface area (Å²) in [4.78, 5) is 20.6. The van der Waals surface area contributed by atoms with E-state index >= 15 is 0 Å². The van der Waals surface area contributed by atoms with Gasteiger partial charge in [0.15, 0.2) is 0 Å². The van der Waals surface area contributed by atoms with Gasteiger partial charge in [-0.05, 0) is 0 Å². The van der Waals surface area contributed by atoms with E-state index in [1.807, 2.05) is 0 Å². The van der Waals surface area contributed by atoms with Crippen LogP contribution in [0.1, 0.15) is 0 Å². The molecule has 0 bridgehead atoms. The van der Waals surface area contributed by atoms with Gasteiger partial charge in [0.2, 0.25) is 0 Å². The van der Waals surface area contributed by atoms with Crippen LogP contribution >= 0.6 is 23.2 Å². The number of hydrogen-bond donors (Lipinski definition) is 2. The van der Waals surface area contributed by atoms with Gasteiger partial charge in [-0.15, -0.1) is 0 Å². The summed E-state index contributed by atoms with van der Waals surface area (Å²) in [6.07, 6.45) is 0. The van der Waals surface area contributed by atoms with Crippen molar-refractivity contribution in [2.45, 2.75) is 0 Å². The molecular weight excluding hydrogens is 179 g/mol. The van der Waals surface area contributed by atoms with Gasteiger partial charge in [-0.3, -0.25) is 9.59 Å². The molecule has 4 nitrogen and oxygen atoms in total. The maximum absolute atomic E-state index is 10.3. The maximum atomic E-state index is 10.3. The Bertz CT molecular complexity index is 191. The molecule has 6 heteroatoms. The molecule has 0 saturated carbocycles. The van der Waals surface area contributed by atoms with E-state index in [0.717, 1.165) is 0 Å². The Kier molecular flexibility index (Phi) is 3.18. The SMILES string of the molecule is NC(=O)C(C(N)=O)=C(Cl)Cl. The van der Waals surface area contributed by atoms with Gasteiger partial charge in [0.05, 0.1) is 0 Å². The molecule has 0 aliphatic carbocycles. The van der Waals surface area contributed by atoms with Gasteiger partial charge in [-0.1, -0.05) is 23.2 Å². The third kappa shape index (κ3) is 2.24. The highest BCUT2D eigenvalue weighted by atomic mass is 35.5. The van der Waals surface area contributed by atoms with Crippen molar-refractivity contribution in [1.29, 1.82) is 0 Å². The number of amides is 2. The van der Waals surface area contributed by atoms with E-state index in [2.05, 4.69) is 11.5 Å². The van der Waals surface area contributed by atoms with Gasteiger partial charge < -0.3 is 11.5 Å². The van der Waals surface area contributed by atoms with Crippen molar-refractivity contribution < 1.29 is 9.59 Å². The first-order valence-electron chi connectivity index (χ1n) is 2.11. The minimum atomic E-state index is -1.03. The van der Waals surface area contributed by atoms with E-state index in [1.54, 1.807) is 0 Å². The molecular formula is C4H4Cl2N2O2. The van der Waals surface area contributed by atoms with Crippen LogP contribution in [0.25, 0.3) is 0 Å². The molecule has 0 aromatic rings. The van der Waals surface area contributed by atoms with E-state index in [1.165, 1.54) is 0 Å². The first-order valence-corrected chi connectivity index (χ1v) is 2.87. The minimum absolute atomic E-state index is 0.514. The second-order valence-corrected chi connectivity index (χ2v) is 2.31. The predicted molar refractivity (Wildman–Crippen MR) is 37.1 cm³/mol. The molecule has 0 radical (unpaired) electrons. The lowest BCUT2D eigenvalue weighted by molar-refractivity contribution is -0.120. The summed E-state index contributed by atoms with van der Waals surface area (Å²) in [6.45, 7) is 0. The molecule has 0 unspecified atom stereocenters. The van der Waals surface area contributed by atoms with Gasteiger partial charge in [0.25, 0.3) is 11.8 Å². The smallest absolute Gasteiger partial charge is 0.256 e. The third-order valence-corrected chi connectivity index (χ3v) is 1.06. The van der Waals surface area contributed by atoms with Crippen LogP contribution in [0.15, 0.2) is 10.1 Å². The van der Waals surface area contributed by atoms with Crippen LogP contribution in [0.5, 0.6) is 0 Å². The summed E-state index contributed by atoms with van der Waals surface area (Å²) < 4.78 is -0.514. The topological polar surface area (TPSA) is 86.2 Å². The minimum Gasteiger partial charge on any atom is -0.365 e. The van der Waals surface area contributed by atoms with Crippen molar-refractivity contribution in [3.05, 3.63) is 10.1 Å². The fourth-order valence-corrected chi connectivity index (χ4v) is 0.680. The molecule has 0 fully saturated rings. The van der Waals surface area contributed by atoms with Crippen molar-refractivity contribution in [3.8, 4) is 0 Å². The molecule has 0 atom stereocenters. The molecule has 4 N–H and O–H groups in total. The molecule has 0 aromatic carbocycles. The Hall–Kier alpha value is -0.740. The molecule has 0 aromatic heterocycles. The summed E-state index contributed by atoms with van der Waals surface area (Å²) in [6, 6.07) is 0. The Labute approximate surface area is 66.8 Å². The highest BCUT2D eigenvalue weighted by Crippen LogP contribution is 2.12. The van der Waals surface area contributed by atoms with Crippen LogP contribution in [0, 0.1) is 0 Å². The number of primary amides is 2. The first kappa shape index (κ1) is 9.26. The van der Waals surface area contributed by atoms with Crippen LogP contribution < -0.4 is 11.5 Å². The van der Waals surface area contributed by atoms with Gasteiger partial charge in [0.1, 0.15) is 10.1 Å². The molecule has 0 saturated heterocycles. The molecule has 56 valence electrons. The van der Waals surface area contributed by atoms with E-state index in [4.69, 9.17) is 23.2 Å². The fourth-order valence-electron chi connectivity index (χ4n) is 0.308. The molecule has 0 rings (SSSR count). The Balaban J connectivity index is 4.79. The summed E-state index contributed by atoms with van der Waals surface area (Å²) in [5.41, 5.74) is 8.76. The summed E-state index contributed by atoms with van der Waals surface area (Å²) in [5, 5.41) is 0. The molecule has 2 amide bonds. The first-order chi connectivity index (χ1) is 4.46. The lowest BCUT2D eigenvalue weighted by Crippen LogP contribution is -2.26. The second-order valence-electron chi connectivity index (χ2n) is 1.36. The standard InChI is InChI=1S/C4H4Cl2N2O2/c5-2(6)1(3(7)9)4(8)10/h(H2,7,9)(H2,8,10). The van der Waals surface area contributed by atoms with Crippen molar-refractivity contribution in [2.24, 2.45) is 11.5 Å². The zero-order valence-corrected chi connectivity index (χ0v) is 6.24. The zero-order chi connectivity index (χ0) is 8.31. The molecule has 0 heterocycles. The van der Waals surface area contributed by atoms with E-state index in [9.17, 15) is 9.59 Å². The Morgan fingerprint density at radius 3 is 1.30 bits per heavy atom. The normalized spacial score (nSPS) is 8.60. The zero-order valence-electron chi connectivity index (χ0n) is 4.73. The van der Waals surface area contributed by atoms with E-state index in [0.29, 0.717) is 0 Å². The lowest BCUT2D eigenvalue weighted by atomic mass is 10.3. The summed E-state index contributed by atoms with van der Waals surface area (Å²) >= 11 is 10.2. The van der Waals surface area contributed by atoms with Crippen LogP contribution in [0.4, 0.5) is 0 Å². The highest BCUT2D eigenvalue weighted by Gasteiger charge is 2.15. The number of carbonyl (C=O) groups is 2. The van der Waals surface area contributed by atoms with Crippen molar-refractivity contribution in [1.82, 2.24) is 0 Å². The monoisotopic (exact) mass is 182 g/mol. The van der Waals surface area contributed by atoms with Crippen LogP contribution in [-0.2, 0) is 9.59 Å². The fraction of sp³-hybridized carbons (Fsp3) is 0. The second kappa shape index (κ2) is 3.43. The largest absolute Gasteiger partial charge is 0.365 e. The Morgan fingerprint density at radius 2 is 1.30 bits per heavy atom. The van der Waals surface area contributed by atoms with Gasteiger partial charge in [-0.2, -0.15) is 0 Å². The van der Waals surface area contributed by atoms with Crippen molar-refractivity contribution in [2.75, 3.05) is 0 Å². The summed E-state index contributed by atoms with van der Waals surface area (Å²) in [7, 11) is 0. The van der Waals surface area contributed by atoms with Crippen LogP contribution in [0.2, 0.25) is 0 Å². The van der Waals surface area contributed by atoms with Crippen LogP contribution in [-0.4, -0.2) is 11.8 Å². The number of halogens is 2. The van der Waals surface area contributed by atoms with Gasteiger partial charge >= 0.3 is 0 Å². The lowest BCUT2D eigenvalue weighted by Gasteiger charge is -1.94. The average molecular weight is 183 g/mol. The third-order valence-electron chi connectivity index (χ3n) is 0.682. The van der Waals surface area contributed by atoms with E-state index < -0.39 is 21.9 Å². The summed E-state index contributed by atoms with van der Waals surface area (Å²) in [5.74, 6) is -2.07. The van der Waals surface area contributed by atoms with Crippen molar-refractivity contribution >= 4 is 35.0 Å². The van der Waals surface area contributed by atoms with Gasteiger partial charge in [-0.25, -0.2) is 0 Å². The van der Waals surface area contributed by atoms with E-state index in [-0.39, 0.29) is 0 Å².